The third-order valence-corrected chi connectivity index (χ3v) is 3.38. The fourth-order valence-corrected chi connectivity index (χ4v) is 2.18. The van der Waals surface area contributed by atoms with E-state index in [4.69, 9.17) is 11.5 Å². The van der Waals surface area contributed by atoms with E-state index < -0.39 is 0 Å². The van der Waals surface area contributed by atoms with Gasteiger partial charge in [0.25, 0.3) is 0 Å². The maximum atomic E-state index is 6.27. The lowest BCUT2D eigenvalue weighted by molar-refractivity contribution is 0.254. The normalized spacial score (nSPS) is 18.3. The van der Waals surface area contributed by atoms with Gasteiger partial charge >= 0.3 is 0 Å². The first-order chi connectivity index (χ1) is 7.67. The summed E-state index contributed by atoms with van der Waals surface area (Å²) in [5, 5.41) is 0. The first-order valence-corrected chi connectivity index (χ1v) is 5.49. The zero-order valence-corrected chi connectivity index (χ0v) is 8.98. The molecular weight excluding hydrogens is 200 g/mol. The lowest BCUT2D eigenvalue weighted by Crippen LogP contribution is -2.43. The Morgan fingerprint density at radius 1 is 1.19 bits per heavy atom. The van der Waals surface area contributed by atoms with Crippen LogP contribution in [0, 0.1) is 0 Å². The molecule has 4 nitrogen and oxygen atoms in total. The van der Waals surface area contributed by atoms with E-state index in [9.17, 15) is 0 Å². The minimum atomic E-state index is -0.142. The standard InChI is InChI=1S/C12H14N4/c13-11-7-15-10-6-8(2-3-9(10)16-11)12(14)4-1-5-12/h2-3,6-7H,1,4-5,14H2,(H2,13,16). The van der Waals surface area contributed by atoms with Crippen molar-refractivity contribution in [3.05, 3.63) is 30.0 Å². The van der Waals surface area contributed by atoms with Crippen molar-refractivity contribution in [3.8, 4) is 0 Å². The van der Waals surface area contributed by atoms with Gasteiger partial charge in [-0.3, -0.25) is 4.98 Å². The van der Waals surface area contributed by atoms with Gasteiger partial charge in [-0.25, -0.2) is 4.98 Å². The average Bonchev–Trinajstić information content (AvgIpc) is 2.25. The molecule has 1 aliphatic carbocycles. The molecule has 0 unspecified atom stereocenters. The molecule has 0 aliphatic heterocycles. The van der Waals surface area contributed by atoms with Crippen LogP contribution in [0.4, 0.5) is 5.82 Å². The van der Waals surface area contributed by atoms with E-state index in [1.165, 1.54) is 6.42 Å². The molecule has 1 aromatic carbocycles. The number of anilines is 1. The summed E-state index contributed by atoms with van der Waals surface area (Å²) in [5.74, 6) is 0.450. The fraction of sp³-hybridized carbons (Fsp3) is 0.333. The molecule has 1 aliphatic rings. The lowest BCUT2D eigenvalue weighted by atomic mass is 9.73. The summed E-state index contributed by atoms with van der Waals surface area (Å²) in [5.41, 5.74) is 14.6. The number of nitrogens with two attached hydrogens (primary N) is 2. The van der Waals surface area contributed by atoms with Crippen molar-refractivity contribution in [2.75, 3.05) is 5.73 Å². The fourth-order valence-electron chi connectivity index (χ4n) is 2.18. The zero-order valence-electron chi connectivity index (χ0n) is 8.98. The smallest absolute Gasteiger partial charge is 0.142 e. The minimum Gasteiger partial charge on any atom is -0.382 e. The topological polar surface area (TPSA) is 77.8 Å². The maximum Gasteiger partial charge on any atom is 0.142 e. The summed E-state index contributed by atoms with van der Waals surface area (Å²) < 4.78 is 0. The minimum absolute atomic E-state index is 0.142. The van der Waals surface area contributed by atoms with Gasteiger partial charge in [-0.15, -0.1) is 0 Å². The second-order valence-corrected chi connectivity index (χ2v) is 4.51. The Kier molecular flexibility index (Phi) is 1.88. The van der Waals surface area contributed by atoms with Gasteiger partial charge in [-0.05, 0) is 37.0 Å². The molecule has 4 N–H and O–H groups in total. The van der Waals surface area contributed by atoms with Crippen LogP contribution in [-0.4, -0.2) is 9.97 Å². The van der Waals surface area contributed by atoms with Crippen LogP contribution in [0.5, 0.6) is 0 Å². The summed E-state index contributed by atoms with van der Waals surface area (Å²) in [6.07, 6.45) is 4.90. The summed E-state index contributed by atoms with van der Waals surface area (Å²) >= 11 is 0. The highest BCUT2D eigenvalue weighted by atomic mass is 14.9. The van der Waals surface area contributed by atoms with Crippen LogP contribution in [0.1, 0.15) is 24.8 Å². The highest BCUT2D eigenvalue weighted by molar-refractivity contribution is 5.76. The molecule has 3 rings (SSSR count). The predicted octanol–water partition coefficient (Wildman–Crippen LogP) is 1.55. The molecule has 0 spiro atoms. The number of benzene rings is 1. The van der Waals surface area contributed by atoms with Crippen molar-refractivity contribution in [2.24, 2.45) is 5.73 Å². The predicted molar refractivity (Wildman–Crippen MR) is 63.7 cm³/mol. The Bertz CT molecular complexity index is 546. The third kappa shape index (κ3) is 1.34. The van der Waals surface area contributed by atoms with Crippen LogP contribution >= 0.6 is 0 Å². The number of nitrogens with zero attached hydrogens (tertiary/aromatic N) is 2. The van der Waals surface area contributed by atoms with Crippen LogP contribution in [0.3, 0.4) is 0 Å². The van der Waals surface area contributed by atoms with Gasteiger partial charge in [0.1, 0.15) is 5.82 Å². The number of hydrogen-bond donors (Lipinski definition) is 2. The molecule has 0 bridgehead atoms. The van der Waals surface area contributed by atoms with Gasteiger partial charge in [0, 0.05) is 5.54 Å². The number of rotatable bonds is 1. The number of nitrogen functional groups attached to an aromatic ring is 1. The van der Waals surface area contributed by atoms with Gasteiger partial charge in [-0.2, -0.15) is 0 Å². The summed E-state index contributed by atoms with van der Waals surface area (Å²) in [4.78, 5) is 8.49. The monoisotopic (exact) mass is 214 g/mol. The van der Waals surface area contributed by atoms with E-state index in [0.29, 0.717) is 5.82 Å². The highest BCUT2D eigenvalue weighted by Gasteiger charge is 2.34. The number of hydrogen-bond acceptors (Lipinski definition) is 4. The third-order valence-electron chi connectivity index (χ3n) is 3.38. The van der Waals surface area contributed by atoms with Gasteiger partial charge in [0.05, 0.1) is 17.2 Å². The van der Waals surface area contributed by atoms with E-state index >= 15 is 0 Å². The molecule has 16 heavy (non-hydrogen) atoms. The van der Waals surface area contributed by atoms with Crippen LogP contribution in [-0.2, 0) is 5.54 Å². The highest BCUT2D eigenvalue weighted by Crippen LogP contribution is 2.39. The molecule has 0 atom stereocenters. The van der Waals surface area contributed by atoms with Crippen LogP contribution in [0.15, 0.2) is 24.4 Å². The molecule has 0 amide bonds. The van der Waals surface area contributed by atoms with Crippen molar-refractivity contribution in [1.82, 2.24) is 9.97 Å². The molecule has 2 aromatic rings. The second kappa shape index (κ2) is 3.15. The van der Waals surface area contributed by atoms with Gasteiger partial charge in [0.2, 0.25) is 0 Å². The van der Waals surface area contributed by atoms with Gasteiger partial charge in [-0.1, -0.05) is 6.07 Å². The molecule has 1 aromatic heterocycles. The number of fused-ring (bicyclic) bond motifs is 1. The molecule has 82 valence electrons. The lowest BCUT2D eigenvalue weighted by Gasteiger charge is -2.38. The van der Waals surface area contributed by atoms with Gasteiger partial charge < -0.3 is 11.5 Å². The molecule has 0 radical (unpaired) electrons. The molecule has 1 heterocycles. The quantitative estimate of drug-likeness (QED) is 0.755. The van der Waals surface area contributed by atoms with Crippen molar-refractivity contribution in [3.63, 3.8) is 0 Å². The zero-order chi connectivity index (χ0) is 11.2. The van der Waals surface area contributed by atoms with Crippen molar-refractivity contribution >= 4 is 16.9 Å². The second-order valence-electron chi connectivity index (χ2n) is 4.51. The molecular formula is C12H14N4. The van der Waals surface area contributed by atoms with E-state index in [1.807, 2.05) is 18.2 Å². The van der Waals surface area contributed by atoms with Crippen molar-refractivity contribution in [2.45, 2.75) is 24.8 Å². The molecule has 1 fully saturated rings. The Morgan fingerprint density at radius 2 is 2.00 bits per heavy atom. The Hall–Kier alpha value is -1.68. The molecule has 1 saturated carbocycles. The Morgan fingerprint density at radius 3 is 2.69 bits per heavy atom. The SMILES string of the molecule is Nc1cnc2cc(C3(N)CCC3)ccc2n1. The van der Waals surface area contributed by atoms with E-state index in [-0.39, 0.29) is 5.54 Å². The largest absolute Gasteiger partial charge is 0.382 e. The number of aromatic nitrogens is 2. The Labute approximate surface area is 93.7 Å². The van der Waals surface area contributed by atoms with Crippen molar-refractivity contribution in [1.29, 1.82) is 0 Å². The average molecular weight is 214 g/mol. The summed E-state index contributed by atoms with van der Waals surface area (Å²) in [6.45, 7) is 0. The summed E-state index contributed by atoms with van der Waals surface area (Å²) in [6, 6.07) is 6.01. The van der Waals surface area contributed by atoms with E-state index in [1.54, 1.807) is 6.20 Å². The maximum absolute atomic E-state index is 6.27. The molecule has 4 heteroatoms. The van der Waals surface area contributed by atoms with Crippen LogP contribution < -0.4 is 11.5 Å². The van der Waals surface area contributed by atoms with Crippen molar-refractivity contribution < 1.29 is 0 Å². The first-order valence-electron chi connectivity index (χ1n) is 5.49. The first kappa shape index (κ1) is 9.54. The van der Waals surface area contributed by atoms with E-state index in [2.05, 4.69) is 9.97 Å². The summed E-state index contributed by atoms with van der Waals surface area (Å²) in [7, 11) is 0. The molecule has 0 saturated heterocycles. The van der Waals surface area contributed by atoms with Gasteiger partial charge in [0.15, 0.2) is 0 Å². The Balaban J connectivity index is 2.12. The van der Waals surface area contributed by atoms with E-state index in [0.717, 1.165) is 29.4 Å². The van der Waals surface area contributed by atoms with Crippen LogP contribution in [0.2, 0.25) is 0 Å². The van der Waals surface area contributed by atoms with Crippen LogP contribution in [0.25, 0.3) is 11.0 Å².